The average Bonchev–Trinajstić information content (AvgIpc) is 2.57. The Labute approximate surface area is 165 Å². The maximum Gasteiger partial charge on any atom is 0.338 e. The highest BCUT2D eigenvalue weighted by atomic mass is 32.2. The molecule has 0 unspecified atom stereocenters. The first-order valence-electron chi connectivity index (χ1n) is 8.75. The summed E-state index contributed by atoms with van der Waals surface area (Å²) in [5.74, 6) is -1.60. The molecule has 1 aromatic carbocycles. The summed E-state index contributed by atoms with van der Waals surface area (Å²) in [4.78, 5) is 35.2. The predicted octanol–water partition coefficient (Wildman–Crippen LogP) is 1.54. The maximum absolute atomic E-state index is 12.2. The van der Waals surface area contributed by atoms with E-state index in [0.717, 1.165) is 0 Å². The topological polar surface area (TPSA) is 131 Å². The zero-order valence-corrected chi connectivity index (χ0v) is 17.5. The van der Waals surface area contributed by atoms with Crippen molar-refractivity contribution in [1.82, 2.24) is 15.4 Å². The minimum Gasteiger partial charge on any atom is -0.452 e. The molecule has 0 spiro atoms. The Morgan fingerprint density at radius 1 is 1.11 bits per heavy atom. The number of rotatable bonds is 7. The lowest BCUT2D eigenvalue weighted by Gasteiger charge is -2.20. The fourth-order valence-electron chi connectivity index (χ4n) is 1.94. The van der Waals surface area contributed by atoms with Crippen LogP contribution < -0.4 is 15.4 Å². The van der Waals surface area contributed by atoms with E-state index in [2.05, 4.69) is 10.0 Å². The van der Waals surface area contributed by atoms with Crippen LogP contribution in [0.5, 0.6) is 0 Å². The molecule has 28 heavy (non-hydrogen) atoms. The molecule has 1 atom stereocenters. The van der Waals surface area contributed by atoms with Gasteiger partial charge in [-0.1, -0.05) is 6.92 Å². The van der Waals surface area contributed by atoms with Crippen LogP contribution in [0.3, 0.4) is 0 Å². The standard InChI is InChI=1S/C18H27N3O6S/c1-6-12(2)21-28(25,26)14-9-7-13(8-10-14)16(23)27-11-15(22)19-17(24)20-18(3,4)5/h7-10,12,21H,6,11H2,1-5H3,(H2,19,20,22,24)/t12-/m1/s1. The van der Waals surface area contributed by atoms with Crippen LogP contribution in [0.4, 0.5) is 4.79 Å². The SMILES string of the molecule is CC[C@@H](C)NS(=O)(=O)c1ccc(C(=O)OCC(=O)NC(=O)NC(C)(C)C)cc1. The molecule has 3 amide bonds. The molecule has 0 radical (unpaired) electrons. The number of imide groups is 1. The molecule has 0 heterocycles. The Balaban J connectivity index is 2.62. The molecule has 0 saturated carbocycles. The van der Waals surface area contributed by atoms with Crippen molar-refractivity contribution in [2.75, 3.05) is 6.61 Å². The molecule has 1 rings (SSSR count). The summed E-state index contributed by atoms with van der Waals surface area (Å²) in [6, 6.07) is 4.21. The molecule has 0 aliphatic carbocycles. The summed E-state index contributed by atoms with van der Waals surface area (Å²) in [6.07, 6.45) is 0.638. The van der Waals surface area contributed by atoms with Crippen LogP contribution in [-0.4, -0.2) is 44.5 Å². The van der Waals surface area contributed by atoms with Gasteiger partial charge in [-0.05, 0) is 58.4 Å². The number of carbonyl (C=O) groups excluding carboxylic acids is 3. The number of amides is 3. The van der Waals surface area contributed by atoms with E-state index >= 15 is 0 Å². The minimum atomic E-state index is -3.68. The lowest BCUT2D eigenvalue weighted by Crippen LogP contribution is -2.49. The first kappa shape index (κ1) is 23.6. The van der Waals surface area contributed by atoms with E-state index < -0.39 is 40.1 Å². The Morgan fingerprint density at radius 3 is 2.18 bits per heavy atom. The van der Waals surface area contributed by atoms with Gasteiger partial charge in [0.25, 0.3) is 5.91 Å². The Hall–Kier alpha value is -2.46. The van der Waals surface area contributed by atoms with E-state index in [1.54, 1.807) is 27.7 Å². The molecule has 9 nitrogen and oxygen atoms in total. The van der Waals surface area contributed by atoms with Crippen LogP contribution >= 0.6 is 0 Å². The molecule has 0 bridgehead atoms. The van der Waals surface area contributed by atoms with Gasteiger partial charge in [-0.25, -0.2) is 22.7 Å². The molecule has 0 aliphatic heterocycles. The van der Waals surface area contributed by atoms with Crippen LogP contribution in [0, 0.1) is 0 Å². The molecule has 0 aromatic heterocycles. The number of carbonyl (C=O) groups is 3. The highest BCUT2D eigenvalue weighted by molar-refractivity contribution is 7.89. The van der Waals surface area contributed by atoms with E-state index in [1.165, 1.54) is 24.3 Å². The smallest absolute Gasteiger partial charge is 0.338 e. The quantitative estimate of drug-likeness (QED) is 0.581. The zero-order valence-electron chi connectivity index (χ0n) is 16.7. The third kappa shape index (κ3) is 8.05. The van der Waals surface area contributed by atoms with Crippen molar-refractivity contribution in [1.29, 1.82) is 0 Å². The molecular formula is C18H27N3O6S. The van der Waals surface area contributed by atoms with Crippen molar-refractivity contribution < 1.29 is 27.5 Å². The van der Waals surface area contributed by atoms with Crippen molar-refractivity contribution >= 4 is 27.9 Å². The molecule has 10 heteroatoms. The van der Waals surface area contributed by atoms with Crippen molar-refractivity contribution in [2.24, 2.45) is 0 Å². The summed E-state index contributed by atoms with van der Waals surface area (Å²) >= 11 is 0. The van der Waals surface area contributed by atoms with Gasteiger partial charge in [0, 0.05) is 11.6 Å². The second-order valence-electron chi connectivity index (χ2n) is 7.28. The highest BCUT2D eigenvalue weighted by Gasteiger charge is 2.19. The molecular weight excluding hydrogens is 386 g/mol. The second-order valence-corrected chi connectivity index (χ2v) is 9.00. The number of benzene rings is 1. The van der Waals surface area contributed by atoms with Gasteiger partial charge in [0.1, 0.15) is 0 Å². The van der Waals surface area contributed by atoms with Crippen molar-refractivity contribution in [3.63, 3.8) is 0 Å². The molecule has 0 aliphatic rings. The zero-order chi connectivity index (χ0) is 21.5. The van der Waals surface area contributed by atoms with Crippen LogP contribution in [0.15, 0.2) is 29.2 Å². The van der Waals surface area contributed by atoms with Gasteiger partial charge in [-0.15, -0.1) is 0 Å². The monoisotopic (exact) mass is 413 g/mol. The molecule has 0 saturated heterocycles. The molecule has 0 fully saturated rings. The summed E-state index contributed by atoms with van der Waals surface area (Å²) in [5.41, 5.74) is -0.443. The van der Waals surface area contributed by atoms with Crippen LogP contribution in [0.1, 0.15) is 51.4 Å². The van der Waals surface area contributed by atoms with Crippen LogP contribution in [-0.2, 0) is 19.6 Å². The fourth-order valence-corrected chi connectivity index (χ4v) is 3.26. The molecule has 156 valence electrons. The Bertz CT molecular complexity index is 813. The van der Waals surface area contributed by atoms with E-state index in [4.69, 9.17) is 4.74 Å². The lowest BCUT2D eigenvalue weighted by molar-refractivity contribution is -0.123. The van der Waals surface area contributed by atoms with E-state index in [1.807, 2.05) is 12.2 Å². The van der Waals surface area contributed by atoms with Gasteiger partial charge in [-0.2, -0.15) is 0 Å². The van der Waals surface area contributed by atoms with E-state index in [0.29, 0.717) is 6.42 Å². The minimum absolute atomic E-state index is 0.0148. The molecule has 3 N–H and O–H groups in total. The van der Waals surface area contributed by atoms with Crippen molar-refractivity contribution in [3.8, 4) is 0 Å². The number of sulfonamides is 1. The van der Waals surface area contributed by atoms with Gasteiger partial charge < -0.3 is 10.1 Å². The normalized spacial score (nSPS) is 12.8. The number of hydrogen-bond donors (Lipinski definition) is 3. The number of ether oxygens (including phenoxy) is 1. The first-order chi connectivity index (χ1) is 12.8. The van der Waals surface area contributed by atoms with Gasteiger partial charge in [-0.3, -0.25) is 10.1 Å². The predicted molar refractivity (Wildman–Crippen MR) is 103 cm³/mol. The van der Waals surface area contributed by atoms with Crippen molar-refractivity contribution in [3.05, 3.63) is 29.8 Å². The summed E-state index contributed by atoms with van der Waals surface area (Å²) in [7, 11) is -3.68. The van der Waals surface area contributed by atoms with Crippen LogP contribution in [0.25, 0.3) is 0 Å². The summed E-state index contributed by atoms with van der Waals surface area (Å²) < 4.78 is 31.7. The lowest BCUT2D eigenvalue weighted by atomic mass is 10.1. The Morgan fingerprint density at radius 2 is 1.68 bits per heavy atom. The van der Waals surface area contributed by atoms with Crippen molar-refractivity contribution in [2.45, 2.75) is 57.5 Å². The van der Waals surface area contributed by atoms with Crippen LogP contribution in [0.2, 0.25) is 0 Å². The Kier molecular flexibility index (Phi) is 8.13. The van der Waals surface area contributed by atoms with Gasteiger partial charge in [0.15, 0.2) is 6.61 Å². The highest BCUT2D eigenvalue weighted by Crippen LogP contribution is 2.12. The summed E-state index contributed by atoms with van der Waals surface area (Å²) in [6.45, 7) is 8.20. The molecule has 1 aromatic rings. The number of esters is 1. The van der Waals surface area contributed by atoms with E-state index in [9.17, 15) is 22.8 Å². The third-order valence-electron chi connectivity index (χ3n) is 3.44. The first-order valence-corrected chi connectivity index (χ1v) is 10.2. The number of hydrogen-bond acceptors (Lipinski definition) is 6. The number of nitrogens with one attached hydrogen (secondary N) is 3. The average molecular weight is 413 g/mol. The number of urea groups is 1. The fraction of sp³-hybridized carbons (Fsp3) is 0.500. The second kappa shape index (κ2) is 9.65. The van der Waals surface area contributed by atoms with Gasteiger partial charge in [0.2, 0.25) is 10.0 Å². The summed E-state index contributed by atoms with van der Waals surface area (Å²) in [5, 5.41) is 4.58. The van der Waals surface area contributed by atoms with Gasteiger partial charge in [0.05, 0.1) is 10.5 Å². The largest absolute Gasteiger partial charge is 0.452 e. The maximum atomic E-state index is 12.2. The van der Waals surface area contributed by atoms with E-state index in [-0.39, 0.29) is 16.5 Å². The third-order valence-corrected chi connectivity index (χ3v) is 5.05. The van der Waals surface area contributed by atoms with Gasteiger partial charge >= 0.3 is 12.0 Å².